The molecule has 1 N–H and O–H groups in total. The van der Waals surface area contributed by atoms with Gasteiger partial charge in [0.25, 0.3) is 0 Å². The first kappa shape index (κ1) is 23.6. The number of rotatable bonds is 7. The summed E-state index contributed by atoms with van der Waals surface area (Å²) in [6, 6.07) is 8.20. The van der Waals surface area contributed by atoms with Crippen LogP contribution in [0.5, 0.6) is 11.6 Å². The Morgan fingerprint density at radius 1 is 1.33 bits per heavy atom. The number of pyridine rings is 1. The number of carbonyl (C=O) groups excluding carboxylic acids is 3. The van der Waals surface area contributed by atoms with Gasteiger partial charge in [0.2, 0.25) is 11.8 Å². The van der Waals surface area contributed by atoms with Crippen LogP contribution in [0.4, 0.5) is 4.79 Å². The van der Waals surface area contributed by atoms with Gasteiger partial charge in [-0.1, -0.05) is 40.3 Å². The van der Waals surface area contributed by atoms with Gasteiger partial charge >= 0.3 is 12.1 Å². The first-order chi connectivity index (χ1) is 15.9. The summed E-state index contributed by atoms with van der Waals surface area (Å²) < 4.78 is 15.4. The van der Waals surface area contributed by atoms with E-state index in [4.69, 9.17) is 25.8 Å². The molecule has 2 aromatic rings. The quantitative estimate of drug-likeness (QED) is 0.227. The average molecular weight is 586 g/mol. The number of hydrogen-bond acceptors (Lipinski definition) is 7. The van der Waals surface area contributed by atoms with Crippen LogP contribution in [0.15, 0.2) is 36.5 Å². The van der Waals surface area contributed by atoms with Crippen molar-refractivity contribution in [1.82, 2.24) is 15.2 Å². The predicted octanol–water partition coefficient (Wildman–Crippen LogP) is 3.89. The molecule has 2 fully saturated rings. The van der Waals surface area contributed by atoms with Gasteiger partial charge in [-0.05, 0) is 30.2 Å². The minimum Gasteiger partial charge on any atom is -0.465 e. The summed E-state index contributed by atoms with van der Waals surface area (Å²) in [5.74, 6) is 0.273. The van der Waals surface area contributed by atoms with E-state index in [9.17, 15) is 14.4 Å². The van der Waals surface area contributed by atoms with Crippen molar-refractivity contribution in [2.24, 2.45) is 0 Å². The Morgan fingerprint density at radius 2 is 2.15 bits per heavy atom. The van der Waals surface area contributed by atoms with Crippen LogP contribution in [0.2, 0.25) is 5.02 Å². The fourth-order valence-corrected chi connectivity index (χ4v) is 5.00. The molecule has 2 saturated heterocycles. The van der Waals surface area contributed by atoms with Crippen LogP contribution in [0.25, 0.3) is 0 Å². The molecule has 4 rings (SSSR count). The molecule has 3 heterocycles. The smallest absolute Gasteiger partial charge is 0.407 e. The largest absolute Gasteiger partial charge is 0.465 e. The lowest BCUT2D eigenvalue weighted by Gasteiger charge is -2.45. The third kappa shape index (κ3) is 5.32. The lowest BCUT2D eigenvalue weighted by molar-refractivity contribution is -0.136. The van der Waals surface area contributed by atoms with Crippen molar-refractivity contribution >= 4 is 52.2 Å². The number of likely N-dealkylation sites (tertiary alicyclic amines) is 1. The van der Waals surface area contributed by atoms with Gasteiger partial charge in [-0.3, -0.25) is 4.79 Å². The highest BCUT2D eigenvalue weighted by atomic mass is 127. The molecular weight excluding hydrogens is 565 g/mol. The molecular formula is C22H21ClIN3O6. The standard InChI is InChI=1S/C22H21ClIN3O6/c1-31-21(29)15-8-13(23)3-5-17(15)33-18-6-2-12(9-25-18)16-10-27(20(16)24)19(28)7-4-14-11-32-22(30)26-14/h2-3,5-6,8-9,14,16,20H,4,7,10-11H2,1H3,(H,26,30)/t14-,16?,20?/m1/s1. The molecule has 2 aliphatic rings. The molecule has 0 bridgehead atoms. The molecule has 1 aromatic carbocycles. The monoisotopic (exact) mass is 585 g/mol. The zero-order valence-electron chi connectivity index (χ0n) is 17.6. The second-order valence-electron chi connectivity index (χ2n) is 7.67. The summed E-state index contributed by atoms with van der Waals surface area (Å²) >= 11 is 8.24. The molecule has 0 saturated carbocycles. The molecule has 2 amide bonds. The van der Waals surface area contributed by atoms with E-state index in [2.05, 4.69) is 32.9 Å². The van der Waals surface area contributed by atoms with Crippen LogP contribution in [0.1, 0.15) is 34.7 Å². The van der Waals surface area contributed by atoms with Crippen molar-refractivity contribution in [3.8, 4) is 11.6 Å². The molecule has 2 aliphatic heterocycles. The minimum absolute atomic E-state index is 0.0141. The molecule has 11 heteroatoms. The zero-order chi connectivity index (χ0) is 23.5. The number of ether oxygens (including phenoxy) is 3. The Hall–Kier alpha value is -2.60. The van der Waals surface area contributed by atoms with Crippen LogP contribution < -0.4 is 10.1 Å². The van der Waals surface area contributed by atoms with E-state index in [0.29, 0.717) is 42.6 Å². The molecule has 3 atom stereocenters. The maximum Gasteiger partial charge on any atom is 0.407 e. The van der Waals surface area contributed by atoms with E-state index >= 15 is 0 Å². The topological polar surface area (TPSA) is 107 Å². The van der Waals surface area contributed by atoms with Crippen molar-refractivity contribution < 1.29 is 28.6 Å². The average Bonchev–Trinajstić information content (AvgIpc) is 3.23. The third-order valence-corrected chi connectivity index (χ3v) is 7.31. The van der Waals surface area contributed by atoms with Crippen LogP contribution in [0.3, 0.4) is 0 Å². The van der Waals surface area contributed by atoms with E-state index in [1.54, 1.807) is 24.4 Å². The van der Waals surface area contributed by atoms with Gasteiger partial charge in [-0.25, -0.2) is 14.6 Å². The molecule has 2 unspecified atom stereocenters. The molecule has 174 valence electrons. The normalized spacial score (nSPS) is 21.6. The Bertz CT molecular complexity index is 1070. The Balaban J connectivity index is 1.33. The summed E-state index contributed by atoms with van der Waals surface area (Å²) in [7, 11) is 1.29. The molecule has 0 radical (unpaired) electrons. The van der Waals surface area contributed by atoms with Crippen molar-refractivity contribution in [2.75, 3.05) is 20.3 Å². The van der Waals surface area contributed by atoms with Gasteiger partial charge in [0.15, 0.2) is 0 Å². The highest BCUT2D eigenvalue weighted by molar-refractivity contribution is 14.1. The first-order valence-corrected chi connectivity index (χ1v) is 11.9. The number of nitrogens with zero attached hydrogens (tertiary/aromatic N) is 2. The third-order valence-electron chi connectivity index (χ3n) is 5.54. The van der Waals surface area contributed by atoms with Crippen LogP contribution in [0, 0.1) is 0 Å². The molecule has 9 nitrogen and oxygen atoms in total. The molecule has 1 aromatic heterocycles. The number of halogens is 2. The second kappa shape index (κ2) is 10.1. The van der Waals surface area contributed by atoms with Crippen molar-refractivity contribution in [3.05, 3.63) is 52.7 Å². The van der Waals surface area contributed by atoms with Crippen LogP contribution in [-0.2, 0) is 14.3 Å². The summed E-state index contributed by atoms with van der Waals surface area (Å²) in [6.45, 7) is 0.908. The number of carbonyl (C=O) groups is 3. The molecule has 0 spiro atoms. The minimum atomic E-state index is -0.557. The number of benzene rings is 1. The van der Waals surface area contributed by atoms with Crippen molar-refractivity contribution in [3.63, 3.8) is 0 Å². The Kier molecular flexibility index (Phi) is 7.23. The maximum atomic E-state index is 12.5. The van der Waals surface area contributed by atoms with E-state index in [1.807, 2.05) is 11.0 Å². The number of amides is 2. The Morgan fingerprint density at radius 3 is 2.79 bits per heavy atom. The SMILES string of the molecule is COC(=O)c1cc(Cl)ccc1Oc1ccc(C2CN(C(=O)CC[C@@H]3COC(=O)N3)C2I)cn1. The summed E-state index contributed by atoms with van der Waals surface area (Å²) in [5, 5.41) is 3.08. The molecule has 0 aliphatic carbocycles. The number of hydrogen-bond donors (Lipinski definition) is 1. The van der Waals surface area contributed by atoms with E-state index < -0.39 is 12.1 Å². The van der Waals surface area contributed by atoms with E-state index in [0.717, 1.165) is 5.56 Å². The summed E-state index contributed by atoms with van der Waals surface area (Å²) in [4.78, 5) is 41.8. The lowest BCUT2D eigenvalue weighted by Crippen LogP contribution is -2.54. The van der Waals surface area contributed by atoms with Gasteiger partial charge in [-0.15, -0.1) is 0 Å². The number of aromatic nitrogens is 1. The predicted molar refractivity (Wildman–Crippen MR) is 127 cm³/mol. The van der Waals surface area contributed by atoms with Gasteiger partial charge in [0, 0.05) is 36.2 Å². The Labute approximate surface area is 208 Å². The van der Waals surface area contributed by atoms with Gasteiger partial charge in [-0.2, -0.15) is 0 Å². The number of cyclic esters (lactones) is 1. The highest BCUT2D eigenvalue weighted by Crippen LogP contribution is 2.39. The molecule has 33 heavy (non-hydrogen) atoms. The van der Waals surface area contributed by atoms with Crippen molar-refractivity contribution in [2.45, 2.75) is 28.8 Å². The lowest BCUT2D eigenvalue weighted by atomic mass is 9.92. The van der Waals surface area contributed by atoms with E-state index in [-0.39, 0.29) is 27.5 Å². The second-order valence-corrected chi connectivity index (χ2v) is 9.38. The van der Waals surface area contributed by atoms with Gasteiger partial charge < -0.3 is 24.4 Å². The summed E-state index contributed by atoms with van der Waals surface area (Å²) in [6.07, 6.45) is 2.20. The van der Waals surface area contributed by atoms with E-state index in [1.165, 1.54) is 13.2 Å². The number of alkyl carbamates (subject to hydrolysis) is 1. The number of methoxy groups -OCH3 is 1. The maximum absolute atomic E-state index is 12.5. The number of alkyl halides is 1. The highest BCUT2D eigenvalue weighted by Gasteiger charge is 2.41. The fraction of sp³-hybridized carbons (Fsp3) is 0.364. The number of nitrogens with one attached hydrogen (secondary N) is 1. The van der Waals surface area contributed by atoms with Crippen molar-refractivity contribution in [1.29, 1.82) is 0 Å². The van der Waals surface area contributed by atoms with Crippen LogP contribution >= 0.6 is 34.2 Å². The zero-order valence-corrected chi connectivity index (χ0v) is 20.5. The van der Waals surface area contributed by atoms with Crippen LogP contribution in [-0.4, -0.2) is 58.2 Å². The first-order valence-electron chi connectivity index (χ1n) is 10.2. The fourth-order valence-electron chi connectivity index (χ4n) is 3.65. The van der Waals surface area contributed by atoms with Gasteiger partial charge in [0.1, 0.15) is 17.9 Å². The summed E-state index contributed by atoms with van der Waals surface area (Å²) in [5.41, 5.74) is 1.20. The number of esters is 1. The van der Waals surface area contributed by atoms with Gasteiger partial charge in [0.05, 0.1) is 17.2 Å².